The maximum absolute atomic E-state index is 10.0. The van der Waals surface area contributed by atoms with Crippen LogP contribution in [0.3, 0.4) is 0 Å². The number of rotatable bonds is 6. The summed E-state index contributed by atoms with van der Waals surface area (Å²) >= 11 is 1.73. The monoisotopic (exact) mass is 254 g/mol. The summed E-state index contributed by atoms with van der Waals surface area (Å²) in [7, 11) is 0. The van der Waals surface area contributed by atoms with Gasteiger partial charge < -0.3 is 5.11 Å². The summed E-state index contributed by atoms with van der Waals surface area (Å²) in [6, 6.07) is 2.15. The van der Waals surface area contributed by atoms with Gasteiger partial charge in [-0.25, -0.2) is 0 Å². The minimum Gasteiger partial charge on any atom is -0.393 e. The zero-order chi connectivity index (χ0) is 12.9. The van der Waals surface area contributed by atoms with E-state index in [1.165, 1.54) is 12.0 Å². The van der Waals surface area contributed by atoms with Crippen molar-refractivity contribution < 1.29 is 5.11 Å². The van der Waals surface area contributed by atoms with Crippen molar-refractivity contribution in [1.29, 1.82) is 0 Å². The minimum absolute atomic E-state index is 0.146. The Bertz CT molecular complexity index is 297. The Labute approximate surface area is 110 Å². The fourth-order valence-corrected chi connectivity index (χ4v) is 3.18. The SMILES string of the molecule is CC(CC(O)CCc1ccsc1)CC(C)(C)C. The molecule has 1 aromatic rings. The van der Waals surface area contributed by atoms with Crippen LogP contribution in [0.2, 0.25) is 0 Å². The van der Waals surface area contributed by atoms with Gasteiger partial charge in [-0.1, -0.05) is 27.7 Å². The van der Waals surface area contributed by atoms with E-state index in [9.17, 15) is 5.11 Å². The predicted octanol–water partition coefficient (Wildman–Crippen LogP) is 4.50. The van der Waals surface area contributed by atoms with Gasteiger partial charge in [0.25, 0.3) is 0 Å². The topological polar surface area (TPSA) is 20.2 Å². The van der Waals surface area contributed by atoms with Gasteiger partial charge in [-0.2, -0.15) is 11.3 Å². The summed E-state index contributed by atoms with van der Waals surface area (Å²) in [4.78, 5) is 0. The van der Waals surface area contributed by atoms with Crippen LogP contribution in [-0.2, 0) is 6.42 Å². The molecule has 17 heavy (non-hydrogen) atoms. The first-order valence-corrected chi connectivity index (χ1v) is 7.50. The molecule has 1 rings (SSSR count). The molecular formula is C15H26OS. The van der Waals surface area contributed by atoms with Crippen LogP contribution in [-0.4, -0.2) is 11.2 Å². The fraction of sp³-hybridized carbons (Fsp3) is 0.733. The average Bonchev–Trinajstić information content (AvgIpc) is 2.63. The molecule has 1 N–H and O–H groups in total. The van der Waals surface area contributed by atoms with Gasteiger partial charge in [0.15, 0.2) is 0 Å². The highest BCUT2D eigenvalue weighted by molar-refractivity contribution is 7.07. The van der Waals surface area contributed by atoms with Crippen molar-refractivity contribution in [3.63, 3.8) is 0 Å². The van der Waals surface area contributed by atoms with Crippen LogP contribution < -0.4 is 0 Å². The molecule has 0 aliphatic heterocycles. The first kappa shape index (κ1) is 14.7. The summed E-state index contributed by atoms with van der Waals surface area (Å²) in [5, 5.41) is 14.3. The van der Waals surface area contributed by atoms with Gasteiger partial charge in [-0.05, 0) is 59.4 Å². The van der Waals surface area contributed by atoms with Gasteiger partial charge in [0, 0.05) is 0 Å². The third-order valence-electron chi connectivity index (χ3n) is 2.98. The van der Waals surface area contributed by atoms with E-state index >= 15 is 0 Å². The Morgan fingerprint density at radius 1 is 1.35 bits per heavy atom. The van der Waals surface area contributed by atoms with Crippen LogP contribution >= 0.6 is 11.3 Å². The van der Waals surface area contributed by atoms with Gasteiger partial charge in [0.2, 0.25) is 0 Å². The second-order valence-electron chi connectivity index (χ2n) is 6.43. The molecule has 0 spiro atoms. The van der Waals surface area contributed by atoms with Gasteiger partial charge in [0.1, 0.15) is 0 Å². The third-order valence-corrected chi connectivity index (χ3v) is 3.71. The van der Waals surface area contributed by atoms with Gasteiger partial charge in [-0.3, -0.25) is 0 Å². The summed E-state index contributed by atoms with van der Waals surface area (Å²) in [6.45, 7) is 9.04. The number of thiophene rings is 1. The highest BCUT2D eigenvalue weighted by Gasteiger charge is 2.17. The van der Waals surface area contributed by atoms with Gasteiger partial charge >= 0.3 is 0 Å². The third kappa shape index (κ3) is 6.85. The smallest absolute Gasteiger partial charge is 0.0546 e. The van der Waals surface area contributed by atoms with Crippen molar-refractivity contribution in [2.75, 3.05) is 0 Å². The number of aliphatic hydroxyl groups excluding tert-OH is 1. The van der Waals surface area contributed by atoms with Crippen molar-refractivity contribution in [3.05, 3.63) is 22.4 Å². The van der Waals surface area contributed by atoms with E-state index in [0.717, 1.165) is 19.3 Å². The molecule has 0 aliphatic rings. The lowest BCUT2D eigenvalue weighted by Crippen LogP contribution is -2.17. The zero-order valence-corrected chi connectivity index (χ0v) is 12.4. The Kier molecular flexibility index (Phi) is 5.68. The van der Waals surface area contributed by atoms with Crippen molar-refractivity contribution in [2.45, 2.75) is 59.5 Å². The standard InChI is InChI=1S/C15H26OS/c1-12(10-15(2,3)4)9-14(16)6-5-13-7-8-17-11-13/h7-8,11-12,14,16H,5-6,9-10H2,1-4H3. The van der Waals surface area contributed by atoms with Gasteiger partial charge in [0.05, 0.1) is 6.10 Å². The molecule has 98 valence electrons. The molecule has 0 saturated carbocycles. The molecular weight excluding hydrogens is 228 g/mol. The molecule has 2 unspecified atom stereocenters. The number of aliphatic hydroxyl groups is 1. The maximum Gasteiger partial charge on any atom is 0.0546 e. The van der Waals surface area contributed by atoms with Crippen molar-refractivity contribution in [2.24, 2.45) is 11.3 Å². The van der Waals surface area contributed by atoms with Crippen LogP contribution in [0.5, 0.6) is 0 Å². The molecule has 0 fully saturated rings. The number of hydrogen-bond donors (Lipinski definition) is 1. The molecule has 1 aromatic heterocycles. The largest absolute Gasteiger partial charge is 0.393 e. The first-order chi connectivity index (χ1) is 7.87. The summed E-state index contributed by atoms with van der Waals surface area (Å²) < 4.78 is 0. The molecule has 0 bridgehead atoms. The van der Waals surface area contributed by atoms with E-state index in [-0.39, 0.29) is 6.10 Å². The molecule has 0 aromatic carbocycles. The van der Waals surface area contributed by atoms with Crippen molar-refractivity contribution >= 4 is 11.3 Å². The van der Waals surface area contributed by atoms with E-state index < -0.39 is 0 Å². The quantitative estimate of drug-likeness (QED) is 0.792. The van der Waals surface area contributed by atoms with E-state index in [2.05, 4.69) is 44.5 Å². The second-order valence-corrected chi connectivity index (χ2v) is 7.21. The van der Waals surface area contributed by atoms with Crippen molar-refractivity contribution in [1.82, 2.24) is 0 Å². The second kappa shape index (κ2) is 6.55. The predicted molar refractivity (Wildman–Crippen MR) is 76.5 cm³/mol. The van der Waals surface area contributed by atoms with Crippen molar-refractivity contribution in [3.8, 4) is 0 Å². The van der Waals surface area contributed by atoms with Crippen LogP contribution in [0, 0.1) is 11.3 Å². The summed E-state index contributed by atoms with van der Waals surface area (Å²) in [6.07, 6.45) is 3.87. The van der Waals surface area contributed by atoms with E-state index in [4.69, 9.17) is 0 Å². The molecule has 0 amide bonds. The van der Waals surface area contributed by atoms with Crippen LogP contribution in [0.1, 0.15) is 52.5 Å². The van der Waals surface area contributed by atoms with E-state index in [0.29, 0.717) is 11.3 Å². The summed E-state index contributed by atoms with van der Waals surface area (Å²) in [5.41, 5.74) is 1.73. The lowest BCUT2D eigenvalue weighted by atomic mass is 9.83. The van der Waals surface area contributed by atoms with E-state index in [1.807, 2.05) is 0 Å². The Hall–Kier alpha value is -0.340. The molecule has 0 aliphatic carbocycles. The molecule has 0 saturated heterocycles. The van der Waals surface area contributed by atoms with E-state index in [1.54, 1.807) is 11.3 Å². The highest BCUT2D eigenvalue weighted by atomic mass is 32.1. The molecule has 1 nitrogen and oxygen atoms in total. The van der Waals surface area contributed by atoms with Crippen LogP contribution in [0.15, 0.2) is 16.8 Å². The highest BCUT2D eigenvalue weighted by Crippen LogP contribution is 2.27. The molecule has 2 atom stereocenters. The van der Waals surface area contributed by atoms with Gasteiger partial charge in [-0.15, -0.1) is 0 Å². The molecule has 0 radical (unpaired) electrons. The molecule has 2 heteroatoms. The zero-order valence-electron chi connectivity index (χ0n) is 11.6. The minimum atomic E-state index is -0.146. The lowest BCUT2D eigenvalue weighted by Gasteiger charge is -2.24. The normalized spacial score (nSPS) is 15.8. The number of hydrogen-bond acceptors (Lipinski definition) is 2. The average molecular weight is 254 g/mol. The Morgan fingerprint density at radius 3 is 2.59 bits per heavy atom. The summed E-state index contributed by atoms with van der Waals surface area (Å²) in [5.74, 6) is 0.604. The van der Waals surface area contributed by atoms with Crippen LogP contribution in [0.25, 0.3) is 0 Å². The Balaban J connectivity index is 2.22. The fourth-order valence-electron chi connectivity index (χ4n) is 2.48. The van der Waals surface area contributed by atoms with Crippen LogP contribution in [0.4, 0.5) is 0 Å². The number of aryl methyl sites for hydroxylation is 1. The Morgan fingerprint density at radius 2 is 2.06 bits per heavy atom. The maximum atomic E-state index is 10.0. The lowest BCUT2D eigenvalue weighted by molar-refractivity contribution is 0.124. The first-order valence-electron chi connectivity index (χ1n) is 6.56. The molecule has 1 heterocycles.